The zero-order chi connectivity index (χ0) is 11.4. The fourth-order valence-corrected chi connectivity index (χ4v) is 1.53. The third kappa shape index (κ3) is 3.20. The minimum Gasteiger partial charge on any atom is -0.399 e. The van der Waals surface area contributed by atoms with Gasteiger partial charge in [-0.25, -0.2) is 0 Å². The van der Waals surface area contributed by atoms with Crippen molar-refractivity contribution in [2.75, 3.05) is 12.3 Å². The molecule has 0 amide bonds. The molecule has 0 fully saturated rings. The summed E-state index contributed by atoms with van der Waals surface area (Å²) < 4.78 is 0. The zero-order valence-electron chi connectivity index (χ0n) is 8.72. The SMILES string of the molecule is Cc1cc(N)cc(C(O)C(O)CCO)c1. The van der Waals surface area contributed by atoms with Crippen molar-refractivity contribution in [2.45, 2.75) is 25.6 Å². The standard InChI is InChI=1S/C11H17NO3/c1-7-4-8(6-9(12)5-7)11(15)10(14)2-3-13/h4-6,10-11,13-15H,2-3,12H2,1H3. The van der Waals surface area contributed by atoms with Crippen molar-refractivity contribution >= 4 is 5.69 Å². The third-order valence-corrected chi connectivity index (χ3v) is 2.25. The summed E-state index contributed by atoms with van der Waals surface area (Å²) in [5.74, 6) is 0. The topological polar surface area (TPSA) is 86.7 Å². The highest BCUT2D eigenvalue weighted by Crippen LogP contribution is 2.22. The number of aliphatic hydroxyl groups excluding tert-OH is 3. The summed E-state index contributed by atoms with van der Waals surface area (Å²) in [7, 11) is 0. The maximum absolute atomic E-state index is 9.75. The van der Waals surface area contributed by atoms with Gasteiger partial charge < -0.3 is 21.1 Å². The third-order valence-electron chi connectivity index (χ3n) is 2.25. The van der Waals surface area contributed by atoms with Crippen LogP contribution >= 0.6 is 0 Å². The minimum absolute atomic E-state index is 0.148. The van der Waals surface area contributed by atoms with Crippen LogP contribution in [0.1, 0.15) is 23.7 Å². The maximum Gasteiger partial charge on any atom is 0.105 e. The Bertz CT molecular complexity index is 307. The van der Waals surface area contributed by atoms with Crippen LogP contribution in [0.3, 0.4) is 0 Å². The van der Waals surface area contributed by atoms with Gasteiger partial charge in [0.25, 0.3) is 0 Å². The largest absolute Gasteiger partial charge is 0.399 e. The Balaban J connectivity index is 2.85. The molecular weight excluding hydrogens is 194 g/mol. The molecule has 84 valence electrons. The Morgan fingerprint density at radius 3 is 2.47 bits per heavy atom. The summed E-state index contributed by atoms with van der Waals surface area (Å²) in [4.78, 5) is 0. The first-order valence-electron chi connectivity index (χ1n) is 4.88. The molecule has 0 spiro atoms. The first-order valence-corrected chi connectivity index (χ1v) is 4.88. The molecule has 2 unspecified atom stereocenters. The quantitative estimate of drug-likeness (QED) is 0.541. The summed E-state index contributed by atoms with van der Waals surface area (Å²) in [5, 5.41) is 27.9. The summed E-state index contributed by atoms with van der Waals surface area (Å²) in [6, 6.07) is 5.18. The van der Waals surface area contributed by atoms with Crippen LogP contribution in [0.15, 0.2) is 18.2 Å². The van der Waals surface area contributed by atoms with E-state index < -0.39 is 12.2 Å². The molecule has 15 heavy (non-hydrogen) atoms. The molecule has 1 aromatic rings. The number of nitrogens with two attached hydrogens (primary N) is 1. The highest BCUT2D eigenvalue weighted by molar-refractivity contribution is 5.45. The van der Waals surface area contributed by atoms with Crippen molar-refractivity contribution in [2.24, 2.45) is 0 Å². The lowest BCUT2D eigenvalue weighted by molar-refractivity contribution is 0.00423. The van der Waals surface area contributed by atoms with E-state index >= 15 is 0 Å². The van der Waals surface area contributed by atoms with Crippen LogP contribution in [0, 0.1) is 6.92 Å². The number of aryl methyl sites for hydroxylation is 1. The van der Waals surface area contributed by atoms with Gasteiger partial charge in [-0.1, -0.05) is 6.07 Å². The minimum atomic E-state index is -1.00. The highest BCUT2D eigenvalue weighted by Gasteiger charge is 2.18. The number of nitrogen functional groups attached to an aromatic ring is 1. The number of hydrogen-bond donors (Lipinski definition) is 4. The van der Waals surface area contributed by atoms with Gasteiger partial charge in [0.2, 0.25) is 0 Å². The van der Waals surface area contributed by atoms with Gasteiger partial charge in [-0.15, -0.1) is 0 Å². The van der Waals surface area contributed by atoms with Gasteiger partial charge in [-0.2, -0.15) is 0 Å². The predicted molar refractivity (Wildman–Crippen MR) is 58.3 cm³/mol. The Morgan fingerprint density at radius 2 is 1.93 bits per heavy atom. The fourth-order valence-electron chi connectivity index (χ4n) is 1.53. The van der Waals surface area contributed by atoms with E-state index in [1.54, 1.807) is 18.2 Å². The van der Waals surface area contributed by atoms with Crippen LogP contribution in [0.2, 0.25) is 0 Å². The van der Waals surface area contributed by atoms with Crippen molar-refractivity contribution in [3.05, 3.63) is 29.3 Å². The average molecular weight is 211 g/mol. The Kier molecular flexibility index (Phi) is 4.08. The summed E-state index contributed by atoms with van der Waals surface area (Å²) >= 11 is 0. The van der Waals surface area contributed by atoms with Crippen LogP contribution in [0.5, 0.6) is 0 Å². The molecule has 0 aliphatic heterocycles. The molecule has 1 aromatic carbocycles. The van der Waals surface area contributed by atoms with E-state index in [-0.39, 0.29) is 13.0 Å². The van der Waals surface area contributed by atoms with E-state index in [0.29, 0.717) is 11.3 Å². The molecule has 2 atom stereocenters. The van der Waals surface area contributed by atoms with Gasteiger partial charge in [-0.05, 0) is 36.6 Å². The van der Waals surface area contributed by atoms with Gasteiger partial charge in [0.05, 0.1) is 6.10 Å². The molecule has 4 heteroatoms. The molecule has 0 heterocycles. The van der Waals surface area contributed by atoms with Crippen LogP contribution < -0.4 is 5.73 Å². The van der Waals surface area contributed by atoms with E-state index in [1.165, 1.54) is 0 Å². The zero-order valence-corrected chi connectivity index (χ0v) is 8.72. The van der Waals surface area contributed by atoms with Gasteiger partial charge in [0.1, 0.15) is 6.10 Å². The van der Waals surface area contributed by atoms with E-state index in [1.807, 2.05) is 6.92 Å². The summed E-state index contributed by atoms with van der Waals surface area (Å²) in [6.07, 6.45) is -1.81. The van der Waals surface area contributed by atoms with Crippen molar-refractivity contribution in [1.29, 1.82) is 0 Å². The van der Waals surface area contributed by atoms with Gasteiger partial charge in [0, 0.05) is 12.3 Å². The molecular formula is C11H17NO3. The van der Waals surface area contributed by atoms with Crippen molar-refractivity contribution in [3.8, 4) is 0 Å². The molecule has 0 aromatic heterocycles. The summed E-state index contributed by atoms with van der Waals surface area (Å²) in [5.41, 5.74) is 7.69. The monoisotopic (exact) mass is 211 g/mol. The van der Waals surface area contributed by atoms with E-state index in [9.17, 15) is 10.2 Å². The van der Waals surface area contributed by atoms with E-state index in [4.69, 9.17) is 10.8 Å². The van der Waals surface area contributed by atoms with Crippen molar-refractivity contribution in [3.63, 3.8) is 0 Å². The van der Waals surface area contributed by atoms with E-state index in [2.05, 4.69) is 0 Å². The fraction of sp³-hybridized carbons (Fsp3) is 0.455. The normalized spacial score (nSPS) is 14.9. The first kappa shape index (κ1) is 12.0. The molecule has 1 rings (SSSR count). The molecule has 0 aliphatic rings. The van der Waals surface area contributed by atoms with Crippen LogP contribution in [-0.4, -0.2) is 28.0 Å². The molecule has 0 bridgehead atoms. The Morgan fingerprint density at radius 1 is 1.27 bits per heavy atom. The maximum atomic E-state index is 9.75. The lowest BCUT2D eigenvalue weighted by atomic mass is 10.00. The smallest absolute Gasteiger partial charge is 0.105 e. The van der Waals surface area contributed by atoms with Crippen LogP contribution in [0.25, 0.3) is 0 Å². The number of benzene rings is 1. The molecule has 5 N–H and O–H groups in total. The first-order chi connectivity index (χ1) is 7.04. The second kappa shape index (κ2) is 5.11. The predicted octanol–water partition coefficient (Wildman–Crippen LogP) is 0.354. The molecule has 0 radical (unpaired) electrons. The van der Waals surface area contributed by atoms with E-state index in [0.717, 1.165) is 5.56 Å². The lowest BCUT2D eigenvalue weighted by Gasteiger charge is -2.18. The average Bonchev–Trinajstić information content (AvgIpc) is 2.15. The highest BCUT2D eigenvalue weighted by atomic mass is 16.3. The molecule has 0 saturated heterocycles. The van der Waals surface area contributed by atoms with Crippen LogP contribution in [0.4, 0.5) is 5.69 Å². The lowest BCUT2D eigenvalue weighted by Crippen LogP contribution is -2.19. The number of anilines is 1. The molecule has 4 nitrogen and oxygen atoms in total. The van der Waals surface area contributed by atoms with Crippen molar-refractivity contribution in [1.82, 2.24) is 0 Å². The second-order valence-electron chi connectivity index (χ2n) is 3.70. The molecule has 0 saturated carbocycles. The summed E-state index contributed by atoms with van der Waals surface area (Å²) in [6.45, 7) is 1.71. The second-order valence-corrected chi connectivity index (χ2v) is 3.70. The number of aliphatic hydroxyl groups is 3. The Labute approximate surface area is 89.0 Å². The molecule has 0 aliphatic carbocycles. The number of rotatable bonds is 4. The van der Waals surface area contributed by atoms with Crippen molar-refractivity contribution < 1.29 is 15.3 Å². The van der Waals surface area contributed by atoms with Crippen LogP contribution in [-0.2, 0) is 0 Å². The van der Waals surface area contributed by atoms with Gasteiger partial charge in [-0.3, -0.25) is 0 Å². The Hall–Kier alpha value is -1.10. The number of hydrogen-bond acceptors (Lipinski definition) is 4. The van der Waals surface area contributed by atoms with Gasteiger partial charge in [0.15, 0.2) is 0 Å². The van der Waals surface area contributed by atoms with Gasteiger partial charge >= 0.3 is 0 Å².